The van der Waals surface area contributed by atoms with Gasteiger partial charge in [-0.2, -0.15) is 0 Å². The molecule has 1 unspecified atom stereocenters. The Morgan fingerprint density at radius 2 is 1.75 bits per heavy atom. The van der Waals surface area contributed by atoms with Crippen LogP contribution in [0.3, 0.4) is 0 Å². The van der Waals surface area contributed by atoms with Crippen LogP contribution in [-0.2, 0) is 4.79 Å². The van der Waals surface area contributed by atoms with Crippen LogP contribution in [0.1, 0.15) is 26.7 Å². The average Bonchev–Trinajstić information content (AvgIpc) is 2.68. The summed E-state index contributed by atoms with van der Waals surface area (Å²) in [4.78, 5) is 17.0. The minimum Gasteiger partial charge on any atom is -0.480 e. The minimum atomic E-state index is -0.839. The number of fused-ring (bicyclic) bond motifs is 1. The second kappa shape index (κ2) is 7.47. The maximum Gasteiger partial charge on any atom is 0.329 e. The molecule has 0 spiro atoms. The number of allylic oxidation sites excluding steroid dienone is 2. The number of benzene rings is 2. The van der Waals surface area contributed by atoms with Gasteiger partial charge in [0.1, 0.15) is 0 Å². The summed E-state index contributed by atoms with van der Waals surface area (Å²) in [5.74, 6) is -0.347. The maximum absolute atomic E-state index is 11.4. The molecule has 0 saturated heterocycles. The highest BCUT2D eigenvalue weighted by atomic mass is 32.2. The number of hydrogen-bond acceptors (Lipinski definition) is 4. The number of thioether (sulfide) groups is 1. The molecule has 1 atom stereocenters. The maximum atomic E-state index is 11.4. The summed E-state index contributed by atoms with van der Waals surface area (Å²) in [6.07, 6.45) is 1.74. The van der Waals surface area contributed by atoms with Gasteiger partial charge in [-0.15, -0.1) is 11.8 Å². The topological polar surface area (TPSA) is 61.7 Å². The highest BCUT2D eigenvalue weighted by molar-refractivity contribution is 8.04. The number of carboxylic acid groups (broad SMARTS) is 1. The number of rotatable bonds is 4. The molecule has 2 aromatic carbocycles. The van der Waals surface area contributed by atoms with E-state index in [0.717, 1.165) is 34.8 Å². The van der Waals surface area contributed by atoms with Crippen LogP contribution in [0.5, 0.6) is 0 Å². The second-order valence-electron chi connectivity index (χ2n) is 8.13. The first-order valence-corrected chi connectivity index (χ1v) is 10.5. The molecule has 0 bridgehead atoms. The summed E-state index contributed by atoms with van der Waals surface area (Å²) in [6.45, 7) is 4.42. The molecule has 0 aromatic heterocycles. The summed E-state index contributed by atoms with van der Waals surface area (Å²) in [7, 11) is 0. The lowest BCUT2D eigenvalue weighted by molar-refractivity contribution is -0.137. The first kappa shape index (κ1) is 18.8. The minimum absolute atomic E-state index is 0.0512. The third-order valence-electron chi connectivity index (χ3n) is 5.11. The van der Waals surface area contributed by atoms with Gasteiger partial charge in [-0.3, -0.25) is 4.99 Å². The SMILES string of the molecule is CC1(C)CC2=NC(C(=O)O)CSC2=C(Nc2ccc(-c3ccccc3)cc2)C1. The number of nitrogens with one attached hydrogen (secondary N) is 1. The van der Waals surface area contributed by atoms with Crippen molar-refractivity contribution in [3.63, 3.8) is 0 Å². The molecule has 1 heterocycles. The van der Waals surface area contributed by atoms with Gasteiger partial charge in [0.05, 0.1) is 5.71 Å². The quantitative estimate of drug-likeness (QED) is 0.727. The predicted octanol–water partition coefficient (Wildman–Crippen LogP) is 5.44. The largest absolute Gasteiger partial charge is 0.480 e. The van der Waals surface area contributed by atoms with E-state index < -0.39 is 12.0 Å². The van der Waals surface area contributed by atoms with Crippen molar-refractivity contribution >= 4 is 29.1 Å². The van der Waals surface area contributed by atoms with Gasteiger partial charge in [0, 0.05) is 22.0 Å². The zero-order valence-corrected chi connectivity index (χ0v) is 16.9. The van der Waals surface area contributed by atoms with Gasteiger partial charge in [-0.05, 0) is 41.5 Å². The van der Waals surface area contributed by atoms with Crippen molar-refractivity contribution in [3.05, 3.63) is 65.2 Å². The molecule has 5 heteroatoms. The van der Waals surface area contributed by atoms with Gasteiger partial charge in [0.2, 0.25) is 0 Å². The standard InChI is InChI=1S/C23H24N2O2S/c1-23(2)12-18(21-19(13-23)25-20(14-28-21)22(26)27)24-17-10-8-16(9-11-17)15-6-4-3-5-7-15/h3-11,20,24H,12-14H2,1-2H3,(H,26,27). The number of aliphatic imine (C=N–C) groups is 1. The molecule has 0 amide bonds. The van der Waals surface area contributed by atoms with Crippen molar-refractivity contribution in [2.45, 2.75) is 32.7 Å². The van der Waals surface area contributed by atoms with E-state index in [9.17, 15) is 9.90 Å². The number of hydrogen-bond donors (Lipinski definition) is 2. The van der Waals surface area contributed by atoms with Gasteiger partial charge in [-0.1, -0.05) is 56.3 Å². The lowest BCUT2D eigenvalue weighted by Crippen LogP contribution is -2.34. The summed E-state index contributed by atoms with van der Waals surface area (Å²) in [6, 6.07) is 18.1. The van der Waals surface area contributed by atoms with Crippen molar-refractivity contribution in [3.8, 4) is 11.1 Å². The molecular weight excluding hydrogens is 368 g/mol. The third-order valence-corrected chi connectivity index (χ3v) is 6.36. The Morgan fingerprint density at radius 3 is 2.43 bits per heavy atom. The van der Waals surface area contributed by atoms with E-state index in [1.54, 1.807) is 11.8 Å². The van der Waals surface area contributed by atoms with Crippen LogP contribution >= 0.6 is 11.8 Å². The normalized spacial score (nSPS) is 20.9. The van der Waals surface area contributed by atoms with Crippen molar-refractivity contribution < 1.29 is 9.90 Å². The highest BCUT2D eigenvalue weighted by Crippen LogP contribution is 2.43. The van der Waals surface area contributed by atoms with E-state index in [1.165, 1.54) is 11.1 Å². The van der Waals surface area contributed by atoms with Crippen LogP contribution in [0.25, 0.3) is 11.1 Å². The molecule has 2 aromatic rings. The summed E-state index contributed by atoms with van der Waals surface area (Å²) >= 11 is 1.62. The molecule has 28 heavy (non-hydrogen) atoms. The molecule has 2 N–H and O–H groups in total. The zero-order valence-electron chi connectivity index (χ0n) is 16.1. The Balaban J connectivity index is 1.61. The van der Waals surface area contributed by atoms with E-state index in [4.69, 9.17) is 0 Å². The Kier molecular flexibility index (Phi) is 5.02. The molecule has 144 valence electrons. The van der Waals surface area contributed by atoms with E-state index in [0.29, 0.717) is 5.75 Å². The number of aliphatic carboxylic acids is 1. The van der Waals surface area contributed by atoms with Crippen molar-refractivity contribution in [2.75, 3.05) is 11.1 Å². The fourth-order valence-corrected chi connectivity index (χ4v) is 4.90. The van der Waals surface area contributed by atoms with Gasteiger partial charge >= 0.3 is 5.97 Å². The highest BCUT2D eigenvalue weighted by Gasteiger charge is 2.36. The summed E-state index contributed by atoms with van der Waals surface area (Å²) in [5.41, 5.74) is 5.56. The van der Waals surface area contributed by atoms with E-state index in [-0.39, 0.29) is 5.41 Å². The smallest absolute Gasteiger partial charge is 0.329 e. The van der Waals surface area contributed by atoms with Crippen molar-refractivity contribution in [2.24, 2.45) is 10.4 Å². The molecule has 4 rings (SSSR count). The van der Waals surface area contributed by atoms with Crippen LogP contribution < -0.4 is 5.32 Å². The molecule has 0 radical (unpaired) electrons. The lowest BCUT2D eigenvalue weighted by atomic mass is 9.78. The molecule has 0 saturated carbocycles. The van der Waals surface area contributed by atoms with Crippen LogP contribution in [-0.4, -0.2) is 28.6 Å². The van der Waals surface area contributed by atoms with E-state index >= 15 is 0 Å². The Hall–Kier alpha value is -2.53. The monoisotopic (exact) mass is 392 g/mol. The number of anilines is 1. The first-order valence-electron chi connectivity index (χ1n) is 9.50. The predicted molar refractivity (Wildman–Crippen MR) is 117 cm³/mol. The molecule has 1 aliphatic heterocycles. The first-order chi connectivity index (χ1) is 13.4. The lowest BCUT2D eigenvalue weighted by Gasteiger charge is -2.36. The van der Waals surface area contributed by atoms with Gasteiger partial charge in [0.25, 0.3) is 0 Å². The number of carbonyl (C=O) groups is 1. The van der Waals surface area contributed by atoms with Crippen molar-refractivity contribution in [1.29, 1.82) is 0 Å². The molecule has 2 aliphatic rings. The van der Waals surface area contributed by atoms with Crippen LogP contribution in [0, 0.1) is 5.41 Å². The summed E-state index contributed by atoms with van der Waals surface area (Å²) in [5, 5.41) is 12.9. The number of carboxylic acids is 1. The van der Waals surface area contributed by atoms with Crippen LogP contribution in [0.2, 0.25) is 0 Å². The Bertz CT molecular complexity index is 946. The van der Waals surface area contributed by atoms with Crippen LogP contribution in [0.15, 0.2) is 70.2 Å². The van der Waals surface area contributed by atoms with Gasteiger partial charge in [0.15, 0.2) is 6.04 Å². The third kappa shape index (κ3) is 3.99. The molecule has 4 nitrogen and oxygen atoms in total. The fraction of sp³-hybridized carbons (Fsp3) is 0.304. The zero-order chi connectivity index (χ0) is 19.7. The molecular formula is C23H24N2O2S. The number of nitrogens with zero attached hydrogens (tertiary/aromatic N) is 1. The molecule has 0 fully saturated rings. The van der Waals surface area contributed by atoms with Crippen LogP contribution in [0.4, 0.5) is 5.69 Å². The van der Waals surface area contributed by atoms with E-state index in [2.05, 4.69) is 60.6 Å². The van der Waals surface area contributed by atoms with Crippen molar-refractivity contribution in [1.82, 2.24) is 0 Å². The van der Waals surface area contributed by atoms with Gasteiger partial charge < -0.3 is 10.4 Å². The summed E-state index contributed by atoms with van der Waals surface area (Å²) < 4.78 is 0. The van der Waals surface area contributed by atoms with E-state index in [1.807, 2.05) is 18.2 Å². The second-order valence-corrected chi connectivity index (χ2v) is 9.16. The Morgan fingerprint density at radius 1 is 1.07 bits per heavy atom. The van der Waals surface area contributed by atoms with Gasteiger partial charge in [-0.25, -0.2) is 4.79 Å². The average molecular weight is 393 g/mol. The Labute approximate surface area is 169 Å². The molecule has 1 aliphatic carbocycles. The fourth-order valence-electron chi connectivity index (χ4n) is 3.77.